The molecule has 0 atom stereocenters. The van der Waals surface area contributed by atoms with Crippen LogP contribution in [0.1, 0.15) is 29.9 Å². The van der Waals surface area contributed by atoms with E-state index in [9.17, 15) is 8.42 Å². The Kier molecular flexibility index (Phi) is 5.60. The fourth-order valence-corrected chi connectivity index (χ4v) is 5.52. The summed E-state index contributed by atoms with van der Waals surface area (Å²) in [6, 6.07) is 26.8. The summed E-state index contributed by atoms with van der Waals surface area (Å²) in [5, 5.41) is 0. The lowest BCUT2D eigenvalue weighted by Crippen LogP contribution is -2.32. The van der Waals surface area contributed by atoms with E-state index in [1.807, 2.05) is 18.2 Å². The summed E-state index contributed by atoms with van der Waals surface area (Å²) < 4.78 is 26.2. The van der Waals surface area contributed by atoms with Crippen molar-refractivity contribution in [2.45, 2.75) is 35.1 Å². The number of hydrogen-bond acceptors (Lipinski definition) is 3. The number of likely N-dealkylation sites (tertiary alicyclic amines) is 1. The second-order valence-corrected chi connectivity index (χ2v) is 9.30. The van der Waals surface area contributed by atoms with Crippen LogP contribution in [0, 0.1) is 0 Å². The zero-order valence-corrected chi connectivity index (χ0v) is 16.7. The van der Waals surface area contributed by atoms with Crippen molar-refractivity contribution in [1.29, 1.82) is 0 Å². The number of piperidine rings is 1. The average molecular weight is 392 g/mol. The Labute approximate surface area is 167 Å². The molecule has 0 amide bonds. The maximum atomic E-state index is 13.1. The number of nitrogens with zero attached hydrogens (tertiary/aromatic N) is 1. The molecule has 0 N–H and O–H groups in total. The lowest BCUT2D eigenvalue weighted by atomic mass is 9.89. The monoisotopic (exact) mass is 391 g/mol. The lowest BCUT2D eigenvalue weighted by Gasteiger charge is -2.32. The highest BCUT2D eigenvalue weighted by Gasteiger charge is 2.24. The molecule has 144 valence electrons. The lowest BCUT2D eigenvalue weighted by molar-refractivity contribution is 0.203. The molecule has 0 spiro atoms. The molecule has 1 aliphatic rings. The summed E-state index contributed by atoms with van der Waals surface area (Å²) in [7, 11) is -3.50. The summed E-state index contributed by atoms with van der Waals surface area (Å²) in [6.45, 7) is 2.64. The van der Waals surface area contributed by atoms with Crippen molar-refractivity contribution in [3.05, 3.63) is 96.1 Å². The Morgan fingerprint density at radius 3 is 2.00 bits per heavy atom. The SMILES string of the molecule is O=S(=O)(c1ccccc1)c1ccccc1CN1CCC(c2ccccc2)CC1. The first-order valence-corrected chi connectivity index (χ1v) is 11.3. The third-order valence-corrected chi connectivity index (χ3v) is 7.44. The minimum Gasteiger partial charge on any atom is -0.299 e. The Hall–Kier alpha value is -2.43. The molecule has 0 radical (unpaired) electrons. The first-order chi connectivity index (χ1) is 13.6. The zero-order valence-electron chi connectivity index (χ0n) is 15.9. The molecule has 1 heterocycles. The molecular formula is C24H25NO2S. The Morgan fingerprint density at radius 1 is 0.750 bits per heavy atom. The molecule has 0 unspecified atom stereocenters. The van der Waals surface area contributed by atoms with Gasteiger partial charge in [-0.2, -0.15) is 0 Å². The fourth-order valence-electron chi connectivity index (χ4n) is 4.01. The second-order valence-electron chi connectivity index (χ2n) is 7.39. The van der Waals surface area contributed by atoms with Gasteiger partial charge >= 0.3 is 0 Å². The van der Waals surface area contributed by atoms with Crippen molar-refractivity contribution in [3.8, 4) is 0 Å². The molecule has 4 rings (SSSR count). The van der Waals surface area contributed by atoms with E-state index in [1.165, 1.54) is 5.56 Å². The third kappa shape index (κ3) is 4.03. The van der Waals surface area contributed by atoms with Crippen molar-refractivity contribution < 1.29 is 8.42 Å². The van der Waals surface area contributed by atoms with Crippen molar-refractivity contribution in [2.75, 3.05) is 13.1 Å². The van der Waals surface area contributed by atoms with E-state index >= 15 is 0 Å². The smallest absolute Gasteiger partial charge is 0.206 e. The molecule has 3 aromatic carbocycles. The molecule has 3 nitrogen and oxygen atoms in total. The highest BCUT2D eigenvalue weighted by atomic mass is 32.2. The molecule has 1 fully saturated rings. The van der Waals surface area contributed by atoms with Crippen molar-refractivity contribution >= 4 is 9.84 Å². The molecule has 0 aromatic heterocycles. The fraction of sp³-hybridized carbons (Fsp3) is 0.250. The highest BCUT2D eigenvalue weighted by Crippen LogP contribution is 2.30. The van der Waals surface area contributed by atoms with Gasteiger partial charge in [0.2, 0.25) is 9.84 Å². The van der Waals surface area contributed by atoms with E-state index in [2.05, 4.69) is 35.2 Å². The maximum absolute atomic E-state index is 13.1. The summed E-state index contributed by atoms with van der Waals surface area (Å²) in [5.41, 5.74) is 2.29. The Bertz CT molecular complexity index is 1010. The molecular weight excluding hydrogens is 366 g/mol. The van der Waals surface area contributed by atoms with Crippen LogP contribution in [0.15, 0.2) is 94.7 Å². The minimum atomic E-state index is -3.50. The first-order valence-electron chi connectivity index (χ1n) is 9.80. The van der Waals surface area contributed by atoms with Crippen LogP contribution >= 0.6 is 0 Å². The standard InChI is InChI=1S/C24H25NO2S/c26-28(27,23-12-5-2-6-13-23)24-14-8-7-11-22(24)19-25-17-15-21(16-18-25)20-9-3-1-4-10-20/h1-14,21H,15-19H2. The van der Waals surface area contributed by atoms with Gasteiger partial charge in [-0.3, -0.25) is 4.90 Å². The Balaban J connectivity index is 1.50. The minimum absolute atomic E-state index is 0.352. The van der Waals surface area contributed by atoms with E-state index in [0.29, 0.717) is 22.3 Å². The summed E-state index contributed by atoms with van der Waals surface area (Å²) >= 11 is 0. The molecule has 3 aromatic rings. The molecule has 28 heavy (non-hydrogen) atoms. The van der Waals surface area contributed by atoms with E-state index in [0.717, 1.165) is 31.5 Å². The first kappa shape index (κ1) is 18.9. The third-order valence-electron chi connectivity index (χ3n) is 5.57. The normalized spacial score (nSPS) is 16.1. The predicted octanol–water partition coefficient (Wildman–Crippen LogP) is 4.90. The van der Waals surface area contributed by atoms with Gasteiger partial charge in [0.25, 0.3) is 0 Å². The molecule has 0 bridgehead atoms. The number of hydrogen-bond donors (Lipinski definition) is 0. The van der Waals surface area contributed by atoms with E-state index < -0.39 is 9.84 Å². The van der Waals surface area contributed by atoms with Crippen molar-refractivity contribution in [1.82, 2.24) is 4.90 Å². The van der Waals surface area contributed by atoms with Crippen LogP contribution in [0.3, 0.4) is 0 Å². The highest BCUT2D eigenvalue weighted by molar-refractivity contribution is 7.91. The van der Waals surface area contributed by atoms with E-state index in [1.54, 1.807) is 36.4 Å². The maximum Gasteiger partial charge on any atom is 0.206 e. The number of sulfone groups is 1. The van der Waals surface area contributed by atoms with Crippen LogP contribution in [0.4, 0.5) is 0 Å². The Morgan fingerprint density at radius 2 is 1.32 bits per heavy atom. The molecule has 0 saturated carbocycles. The zero-order chi connectivity index (χ0) is 19.4. The number of benzene rings is 3. The van der Waals surface area contributed by atoms with Crippen LogP contribution in [0.2, 0.25) is 0 Å². The van der Waals surface area contributed by atoms with Crippen LogP contribution < -0.4 is 0 Å². The largest absolute Gasteiger partial charge is 0.299 e. The van der Waals surface area contributed by atoms with Crippen LogP contribution in [0.5, 0.6) is 0 Å². The quantitative estimate of drug-likeness (QED) is 0.621. The van der Waals surface area contributed by atoms with Gasteiger partial charge in [0.1, 0.15) is 0 Å². The van der Waals surface area contributed by atoms with Crippen molar-refractivity contribution in [3.63, 3.8) is 0 Å². The summed E-state index contributed by atoms with van der Waals surface area (Å²) in [5.74, 6) is 0.598. The van der Waals surface area contributed by atoms with E-state index in [4.69, 9.17) is 0 Å². The van der Waals surface area contributed by atoms with Crippen LogP contribution in [-0.2, 0) is 16.4 Å². The van der Waals surface area contributed by atoms with Gasteiger partial charge in [0.05, 0.1) is 9.79 Å². The van der Waals surface area contributed by atoms with Gasteiger partial charge in [-0.1, -0.05) is 66.7 Å². The summed E-state index contributed by atoms with van der Waals surface area (Å²) in [6.07, 6.45) is 2.22. The van der Waals surface area contributed by atoms with Gasteiger partial charge in [-0.15, -0.1) is 0 Å². The van der Waals surface area contributed by atoms with Gasteiger partial charge in [0.15, 0.2) is 0 Å². The average Bonchev–Trinajstić information content (AvgIpc) is 2.76. The molecule has 1 saturated heterocycles. The predicted molar refractivity (Wildman–Crippen MR) is 112 cm³/mol. The number of rotatable bonds is 5. The topological polar surface area (TPSA) is 37.4 Å². The van der Waals surface area contributed by atoms with Gasteiger partial charge in [-0.05, 0) is 61.2 Å². The molecule has 1 aliphatic heterocycles. The van der Waals surface area contributed by atoms with Crippen molar-refractivity contribution in [2.24, 2.45) is 0 Å². The van der Waals surface area contributed by atoms with Crippen LogP contribution in [-0.4, -0.2) is 26.4 Å². The molecule has 4 heteroatoms. The second kappa shape index (κ2) is 8.29. The van der Waals surface area contributed by atoms with Gasteiger partial charge in [0, 0.05) is 6.54 Å². The van der Waals surface area contributed by atoms with Crippen LogP contribution in [0.25, 0.3) is 0 Å². The summed E-state index contributed by atoms with van der Waals surface area (Å²) in [4.78, 5) is 3.15. The van der Waals surface area contributed by atoms with Gasteiger partial charge < -0.3 is 0 Å². The molecule has 0 aliphatic carbocycles. The van der Waals surface area contributed by atoms with E-state index in [-0.39, 0.29) is 0 Å². The van der Waals surface area contributed by atoms with Gasteiger partial charge in [-0.25, -0.2) is 8.42 Å².